The van der Waals surface area contributed by atoms with Gasteiger partial charge in [0.1, 0.15) is 0 Å². The zero-order valence-corrected chi connectivity index (χ0v) is 79.9. The smallest absolute Gasteiger partial charge is 0.242 e. The molecule has 0 aliphatic carbocycles. The molecule has 0 rings (SSSR count). The molecule has 0 heterocycles. The van der Waals surface area contributed by atoms with Gasteiger partial charge in [-0.15, -0.1) is 0 Å². The second kappa shape index (κ2) is 67.5. The third-order valence-corrected chi connectivity index (χ3v) is 20.5. The number of hydrogen-bond donors (Lipinski definition) is 0. The minimum Gasteiger partial charge on any atom is -0.380 e. The average Bonchev–Trinajstić information content (AvgIpc) is 0.855. The molecule has 52 nitrogen and oxygen atoms in total. The molecule has 0 saturated heterocycles. The zero-order chi connectivity index (χ0) is 101. The highest BCUT2D eigenvalue weighted by molar-refractivity contribution is 5.96. The van der Waals surface area contributed by atoms with Crippen LogP contribution in [-0.2, 0) is 115 Å². The van der Waals surface area contributed by atoms with E-state index in [0.717, 1.165) is 58.8 Å². The molecule has 744 valence electrons. The molecular weight excluding hydrogens is 1750 g/mol. The predicted molar refractivity (Wildman–Crippen MR) is 478 cm³/mol. The number of carbonyl (C=O) groups is 20. The maximum Gasteiger partial charge on any atom is 0.242 e. The highest BCUT2D eigenvalue weighted by atomic mass is 16.5. The summed E-state index contributed by atoms with van der Waals surface area (Å²) in [4.78, 5) is 291. The standard InChI is InChI=1S/C81H136N28O24/c1-94(41-61(110)25-17-21-33-86-90-82)69(118)45-98(5)65(114)29-37-130-57-81(58-131-38-30-66(115)99(6)46-70(119)95(2)42-62(111)26-18-22-34-87-91-83,59-132-39-31-67(116)100(7)47-71(120)96(3)43-63(112)27-19-23-35-88-92-84)60-133-40-32-68(117)101(8)48-73(122)103(10)50-75(124)105(12)52-77(126)107(14)54-79(128)109(16)56-80(129)108(15)55-78(127)106(13)53-76(125)104(11)51-74(123)102(9)49-72(121)97(4)44-64(113)28-20-24-36-89-93-85/h17-60H2,1-16H3. The topological polar surface area (TPSA) is 625 Å². The summed E-state index contributed by atoms with van der Waals surface area (Å²) in [6, 6.07) is 0. The van der Waals surface area contributed by atoms with Crippen molar-refractivity contribution in [2.45, 2.75) is 103 Å². The van der Waals surface area contributed by atoms with Gasteiger partial charge in [0.15, 0.2) is 23.1 Å². The number of rotatable bonds is 72. The molecule has 0 bridgehead atoms. The van der Waals surface area contributed by atoms with Crippen LogP contribution in [0.1, 0.15) is 103 Å². The van der Waals surface area contributed by atoms with Crippen molar-refractivity contribution in [1.82, 2.24) is 78.4 Å². The number of hydrogen-bond acceptors (Lipinski definition) is 28. The highest BCUT2D eigenvalue weighted by Crippen LogP contribution is 2.23. The van der Waals surface area contributed by atoms with Gasteiger partial charge in [-0.25, -0.2) is 0 Å². The molecule has 0 aromatic heterocycles. The van der Waals surface area contributed by atoms with Crippen LogP contribution in [0.5, 0.6) is 0 Å². The second-order valence-electron chi connectivity index (χ2n) is 32.5. The maximum absolute atomic E-state index is 13.7. The van der Waals surface area contributed by atoms with Gasteiger partial charge >= 0.3 is 0 Å². The average molecular weight is 1890 g/mol. The van der Waals surface area contributed by atoms with Gasteiger partial charge in [0.05, 0.1) is 189 Å². The van der Waals surface area contributed by atoms with E-state index in [1.54, 1.807) is 0 Å². The molecule has 0 aromatic carbocycles. The number of nitrogens with zero attached hydrogens (tertiary/aromatic N) is 28. The van der Waals surface area contributed by atoms with Crippen molar-refractivity contribution in [2.24, 2.45) is 25.9 Å². The van der Waals surface area contributed by atoms with Gasteiger partial charge in [-0.1, -0.05) is 20.5 Å². The minimum absolute atomic E-state index is 0.130. The number of carbonyl (C=O) groups excluding carboxylic acids is 20. The Hall–Kier alpha value is -12.7. The molecule has 0 atom stereocenters. The fourth-order valence-electron chi connectivity index (χ4n) is 11.7. The molecule has 0 unspecified atom stereocenters. The van der Waals surface area contributed by atoms with Crippen LogP contribution >= 0.6 is 0 Å². The summed E-state index contributed by atoms with van der Waals surface area (Å²) in [5.74, 6) is -10.9. The summed E-state index contributed by atoms with van der Waals surface area (Å²) in [5.41, 5.74) is 32.5. The van der Waals surface area contributed by atoms with Crippen molar-refractivity contribution in [2.75, 3.05) is 297 Å². The van der Waals surface area contributed by atoms with Crippen LogP contribution in [0.15, 0.2) is 20.5 Å². The molecule has 0 aliphatic heterocycles. The lowest BCUT2D eigenvalue weighted by Gasteiger charge is -2.33. The first-order valence-corrected chi connectivity index (χ1v) is 42.9. The third kappa shape index (κ3) is 53.4. The van der Waals surface area contributed by atoms with Crippen LogP contribution < -0.4 is 0 Å². The minimum atomic E-state index is -1.42. The van der Waals surface area contributed by atoms with Crippen LogP contribution in [0.2, 0.25) is 0 Å². The van der Waals surface area contributed by atoms with E-state index in [-0.39, 0.29) is 180 Å². The Morgan fingerprint density at radius 1 is 0.195 bits per heavy atom. The van der Waals surface area contributed by atoms with Gasteiger partial charge in [0, 0.05) is 184 Å². The largest absolute Gasteiger partial charge is 0.380 e. The van der Waals surface area contributed by atoms with Crippen molar-refractivity contribution < 1.29 is 115 Å². The van der Waals surface area contributed by atoms with E-state index >= 15 is 0 Å². The van der Waals surface area contributed by atoms with Crippen LogP contribution in [-0.4, -0.2) is 493 Å². The molecule has 0 radical (unpaired) electrons. The Labute approximate surface area is 774 Å². The molecule has 0 spiro atoms. The molecule has 0 N–H and O–H groups in total. The van der Waals surface area contributed by atoms with Crippen LogP contribution in [0.4, 0.5) is 0 Å². The fraction of sp³-hybridized carbons (Fsp3) is 0.753. The third-order valence-electron chi connectivity index (χ3n) is 20.5. The second-order valence-corrected chi connectivity index (χ2v) is 32.5. The number of unbranched alkanes of at least 4 members (excludes halogenated alkanes) is 4. The number of ketones is 4. The summed E-state index contributed by atoms with van der Waals surface area (Å²) in [6.07, 6.45) is 2.99. The molecule has 16 amide bonds. The lowest BCUT2D eigenvalue weighted by Crippen LogP contribution is -2.49. The Kier molecular flexibility index (Phi) is 61.0. The van der Waals surface area contributed by atoms with Crippen LogP contribution in [0, 0.1) is 5.41 Å². The van der Waals surface area contributed by atoms with Crippen molar-refractivity contribution >= 4 is 118 Å². The van der Waals surface area contributed by atoms with Crippen molar-refractivity contribution in [1.29, 1.82) is 0 Å². The molecule has 0 saturated carbocycles. The quantitative estimate of drug-likeness (QED) is 0.0309. The lowest BCUT2D eigenvalue weighted by atomic mass is 9.92. The molecule has 0 fully saturated rings. The first-order valence-electron chi connectivity index (χ1n) is 42.9. The van der Waals surface area contributed by atoms with E-state index in [1.165, 1.54) is 132 Å². The summed E-state index contributed by atoms with van der Waals surface area (Å²) in [5, 5.41) is 13.7. The number of amides is 16. The summed E-state index contributed by atoms with van der Waals surface area (Å²) >= 11 is 0. The van der Waals surface area contributed by atoms with E-state index in [1.807, 2.05) is 0 Å². The van der Waals surface area contributed by atoms with Crippen LogP contribution in [0.3, 0.4) is 0 Å². The van der Waals surface area contributed by atoms with E-state index in [9.17, 15) is 95.9 Å². The number of azide groups is 4. The lowest BCUT2D eigenvalue weighted by molar-refractivity contribution is -0.146. The number of ether oxygens (including phenoxy) is 4. The van der Waals surface area contributed by atoms with Crippen LogP contribution in [0.25, 0.3) is 41.8 Å². The predicted octanol–water partition coefficient (Wildman–Crippen LogP) is -0.867. The maximum atomic E-state index is 13.7. The van der Waals surface area contributed by atoms with Gasteiger partial charge in [-0.3, -0.25) is 95.9 Å². The van der Waals surface area contributed by atoms with Gasteiger partial charge in [0.25, 0.3) is 0 Å². The Bertz CT molecular complexity index is 3910. The van der Waals surface area contributed by atoms with E-state index < -0.39 is 178 Å². The monoisotopic (exact) mass is 1890 g/mol. The Morgan fingerprint density at radius 2 is 0.323 bits per heavy atom. The van der Waals surface area contributed by atoms with E-state index in [4.69, 9.17) is 41.1 Å². The zero-order valence-electron chi connectivity index (χ0n) is 79.9. The van der Waals surface area contributed by atoms with Gasteiger partial charge in [-0.2, -0.15) is 0 Å². The van der Waals surface area contributed by atoms with Crippen molar-refractivity contribution in [3.63, 3.8) is 0 Å². The number of likely N-dealkylation sites (N-methyl/N-ethyl adjacent to an activating group) is 16. The van der Waals surface area contributed by atoms with Crippen molar-refractivity contribution in [3.05, 3.63) is 41.8 Å². The molecule has 52 heteroatoms. The molecular formula is C81H136N28O24. The van der Waals surface area contributed by atoms with Gasteiger partial charge in [-0.05, 0) is 73.5 Å². The van der Waals surface area contributed by atoms with E-state index in [2.05, 4.69) is 40.1 Å². The molecule has 0 aromatic rings. The van der Waals surface area contributed by atoms with E-state index in [0.29, 0.717) is 51.4 Å². The first kappa shape index (κ1) is 120. The fourth-order valence-corrected chi connectivity index (χ4v) is 11.7. The first-order chi connectivity index (χ1) is 62.7. The summed E-state index contributed by atoms with van der Waals surface area (Å²) in [6.45, 7) is -8.51. The summed E-state index contributed by atoms with van der Waals surface area (Å²) < 4.78 is 24.5. The van der Waals surface area contributed by atoms with Crippen molar-refractivity contribution in [3.8, 4) is 0 Å². The Balaban J connectivity index is 6.35. The highest BCUT2D eigenvalue weighted by Gasteiger charge is 2.35. The molecule has 0 aliphatic rings. The SMILES string of the molecule is CN(CC(=O)CCCCN=[N+]=[N-])C(=O)CN(C)C(=O)CCOCC(COCCC(=O)N(C)CC(=O)N(C)CC(=O)CCCCN=[N+]=[N-])(COCCC(=O)N(C)CC(=O)N(C)CC(=O)CCCCN=[N+]=[N-])COCCC(=O)N(C)CC(=O)N(C)CC(=O)N(C)CC(=O)N(C)CC(=O)N(C)CC(=O)N(C)CC(=O)N(C)CC(=O)N(C)CC(=O)N(C)CC(=O)N(C)CC(=O)CCCCN=[N+]=[N-]. The van der Waals surface area contributed by atoms with Gasteiger partial charge < -0.3 is 97.3 Å². The summed E-state index contributed by atoms with van der Waals surface area (Å²) in [7, 11) is 21.4. The Morgan fingerprint density at radius 3 is 0.459 bits per heavy atom. The number of Topliss-reactive ketones (excluding diaryl/α,β-unsaturated/α-hetero) is 4. The normalized spacial score (nSPS) is 11.0. The van der Waals surface area contributed by atoms with Gasteiger partial charge in [0.2, 0.25) is 94.5 Å². The molecule has 133 heavy (non-hydrogen) atoms.